The number of carbonyl (C=O) groups excluding carboxylic acids is 4. The molecule has 0 bridgehead atoms. The number of rotatable bonds is 4. The number of benzene rings is 4. The van der Waals surface area contributed by atoms with Crippen molar-refractivity contribution in [2.24, 2.45) is 0 Å². The Morgan fingerprint density at radius 2 is 0.542 bits per heavy atom. The molecule has 2 N–H and O–H groups in total. The van der Waals surface area contributed by atoms with Crippen molar-refractivity contribution < 1.29 is 84.0 Å². The van der Waals surface area contributed by atoms with Crippen molar-refractivity contribution in [1.82, 2.24) is 0 Å². The van der Waals surface area contributed by atoms with E-state index in [1.165, 1.54) is 24.3 Å². The van der Waals surface area contributed by atoms with E-state index in [0.717, 1.165) is 22.3 Å². The summed E-state index contributed by atoms with van der Waals surface area (Å²) in [6.45, 7) is 10.8. The molecule has 0 atom stereocenters. The third-order valence-corrected chi connectivity index (χ3v) is 5.46. The summed E-state index contributed by atoms with van der Waals surface area (Å²) in [5, 5.41) is 56.4. The number of carbonyl (C=O) groups is 4. The van der Waals surface area contributed by atoms with Crippen LogP contribution >= 0.6 is 0 Å². The van der Waals surface area contributed by atoms with Gasteiger partial charge in [-0.25, -0.2) is 0 Å². The first-order valence-electron chi connectivity index (χ1n) is 14.0. The molecule has 0 amide bonds. The van der Waals surface area contributed by atoms with Gasteiger partial charge in [0.15, 0.2) is 0 Å². The molecule has 4 rings (SSSR count). The molecule has 0 saturated carbocycles. The summed E-state index contributed by atoms with van der Waals surface area (Å²) in [4.78, 5) is 41.2. The van der Waals surface area contributed by atoms with Crippen LogP contribution in [0.2, 0.25) is 0 Å². The number of carboxylic acid groups (broad SMARTS) is 4. The number of hydrogen-bond acceptors (Lipinski definition) is 10. The molecule has 4 aromatic rings. The average Bonchev–Trinajstić information content (AvgIpc) is 2.99. The van der Waals surface area contributed by atoms with Gasteiger partial charge in [0.05, 0.1) is 23.9 Å². The number of aromatic carboxylic acids is 4. The predicted molar refractivity (Wildman–Crippen MR) is 168 cm³/mol. The van der Waals surface area contributed by atoms with Crippen LogP contribution in [0.1, 0.15) is 77.5 Å². The standard InChI is InChI=1S/4C8H8O2.2C2H6O.2Cu/c4*1-6-4-2-3-5-7(6)8(9)10;2*1-2-3;;/h4*2-5H,1H3,(H,9,10);2*3H,2H2,1H3;;/q;;;;;;2*+2/p-4. The van der Waals surface area contributed by atoms with Gasteiger partial charge in [0.1, 0.15) is 0 Å². The van der Waals surface area contributed by atoms with E-state index in [9.17, 15) is 39.6 Å². The van der Waals surface area contributed by atoms with Crippen molar-refractivity contribution in [3.05, 3.63) is 142 Å². The summed E-state index contributed by atoms with van der Waals surface area (Å²) in [5.41, 5.74) is 4.02. The molecule has 0 heterocycles. The van der Waals surface area contributed by atoms with E-state index in [1.54, 1.807) is 114 Å². The van der Waals surface area contributed by atoms with Crippen LogP contribution in [-0.4, -0.2) is 47.3 Å². The third kappa shape index (κ3) is 22.3. The SMILES string of the molecule is CCO.CCO.Cc1ccccc1C(=O)[O-].Cc1ccccc1C(=O)[O-].Cc1ccccc1C(=O)[O-].Cc1ccccc1C(=O)[O-].[Cu+2].[Cu+2]. The van der Waals surface area contributed by atoms with Crippen LogP contribution in [0.4, 0.5) is 0 Å². The van der Waals surface area contributed by atoms with Gasteiger partial charge in [0.2, 0.25) is 0 Å². The van der Waals surface area contributed by atoms with Crippen molar-refractivity contribution in [2.45, 2.75) is 41.5 Å². The second-order valence-electron chi connectivity index (χ2n) is 9.04. The Morgan fingerprint density at radius 3 is 0.625 bits per heavy atom. The zero-order valence-corrected chi connectivity index (χ0v) is 29.3. The molecule has 48 heavy (non-hydrogen) atoms. The van der Waals surface area contributed by atoms with Crippen molar-refractivity contribution in [2.75, 3.05) is 13.2 Å². The van der Waals surface area contributed by atoms with Gasteiger partial charge in [-0.2, -0.15) is 0 Å². The summed E-state index contributed by atoms with van der Waals surface area (Å²) in [6.07, 6.45) is 0. The number of aliphatic hydroxyl groups is 2. The monoisotopic (exact) mass is 758 g/mol. The zero-order chi connectivity index (χ0) is 35.7. The Kier molecular flexibility index (Phi) is 31.7. The van der Waals surface area contributed by atoms with E-state index >= 15 is 0 Å². The second-order valence-corrected chi connectivity index (χ2v) is 9.04. The van der Waals surface area contributed by atoms with E-state index in [0.29, 0.717) is 0 Å². The second kappa shape index (κ2) is 30.1. The average molecular weight is 760 g/mol. The van der Waals surface area contributed by atoms with Crippen LogP contribution in [0, 0.1) is 27.7 Å². The molecule has 0 aliphatic carbocycles. The van der Waals surface area contributed by atoms with Crippen LogP contribution in [0.15, 0.2) is 97.1 Å². The molecule has 12 heteroatoms. The Morgan fingerprint density at radius 1 is 0.417 bits per heavy atom. The Labute approximate surface area is 303 Å². The first-order chi connectivity index (χ1) is 21.7. The molecule has 2 radical (unpaired) electrons. The van der Waals surface area contributed by atoms with Crippen LogP contribution in [-0.2, 0) is 34.1 Å². The number of carboxylic acids is 4. The van der Waals surface area contributed by atoms with E-state index < -0.39 is 23.9 Å². The van der Waals surface area contributed by atoms with Gasteiger partial charge in [-0.05, 0) is 63.8 Å². The molecule has 0 saturated heterocycles. The summed E-state index contributed by atoms with van der Waals surface area (Å²) >= 11 is 0. The molecule has 266 valence electrons. The molecular weight excluding hydrogens is 719 g/mol. The van der Waals surface area contributed by atoms with E-state index in [1.807, 2.05) is 0 Å². The van der Waals surface area contributed by atoms with Gasteiger partial charge in [0, 0.05) is 35.5 Å². The topological polar surface area (TPSA) is 201 Å². The zero-order valence-electron chi connectivity index (χ0n) is 27.4. The summed E-state index contributed by atoms with van der Waals surface area (Å²) in [5.74, 6) is -4.45. The minimum Gasteiger partial charge on any atom is -0.545 e. The first-order valence-corrected chi connectivity index (χ1v) is 14.0. The fraction of sp³-hybridized carbons (Fsp3) is 0.222. The number of aliphatic hydroxyl groups excluding tert-OH is 2. The number of hydrogen-bond donors (Lipinski definition) is 2. The Balaban J connectivity index is -0.000000251. The molecule has 0 aromatic heterocycles. The normalized spacial score (nSPS) is 8.50. The maximum atomic E-state index is 10.3. The van der Waals surface area contributed by atoms with Gasteiger partial charge >= 0.3 is 34.1 Å². The quantitative estimate of drug-likeness (QED) is 0.287. The fourth-order valence-corrected chi connectivity index (χ4v) is 3.21. The fourth-order valence-electron chi connectivity index (χ4n) is 3.21. The molecule has 0 aliphatic rings. The molecule has 0 fully saturated rings. The molecule has 0 spiro atoms. The van der Waals surface area contributed by atoms with E-state index in [-0.39, 0.29) is 69.6 Å². The Bertz CT molecular complexity index is 1280. The maximum Gasteiger partial charge on any atom is 2.00 e. The smallest absolute Gasteiger partial charge is 0.545 e. The van der Waals surface area contributed by atoms with Gasteiger partial charge < -0.3 is 49.8 Å². The van der Waals surface area contributed by atoms with Gasteiger partial charge in [-0.1, -0.05) is 97.1 Å². The van der Waals surface area contributed by atoms with E-state index in [2.05, 4.69) is 0 Å². The van der Waals surface area contributed by atoms with E-state index in [4.69, 9.17) is 10.2 Å². The Hall–Kier alpha value is -4.28. The molecule has 0 aliphatic heterocycles. The van der Waals surface area contributed by atoms with Crippen LogP contribution in [0.25, 0.3) is 0 Å². The summed E-state index contributed by atoms with van der Waals surface area (Å²) in [6, 6.07) is 27.0. The largest absolute Gasteiger partial charge is 2.00 e. The molecule has 10 nitrogen and oxygen atoms in total. The number of aryl methyl sites for hydroxylation is 4. The summed E-state index contributed by atoms with van der Waals surface area (Å²) in [7, 11) is 0. The van der Waals surface area contributed by atoms with Gasteiger partial charge in [-0.3, -0.25) is 0 Å². The first kappa shape index (κ1) is 50.6. The minimum atomic E-state index is -1.11. The summed E-state index contributed by atoms with van der Waals surface area (Å²) < 4.78 is 0. The van der Waals surface area contributed by atoms with Crippen LogP contribution in [0.3, 0.4) is 0 Å². The third-order valence-electron chi connectivity index (χ3n) is 5.46. The van der Waals surface area contributed by atoms with Crippen molar-refractivity contribution in [1.29, 1.82) is 0 Å². The van der Waals surface area contributed by atoms with Crippen molar-refractivity contribution in [3.8, 4) is 0 Å². The van der Waals surface area contributed by atoms with Crippen molar-refractivity contribution >= 4 is 23.9 Å². The van der Waals surface area contributed by atoms with Gasteiger partial charge in [-0.15, -0.1) is 0 Å². The predicted octanol–water partition coefficient (Wildman–Crippen LogP) is 1.43. The van der Waals surface area contributed by atoms with Crippen LogP contribution < -0.4 is 20.4 Å². The molecular formula is C36H40Cu2O10. The van der Waals surface area contributed by atoms with Crippen LogP contribution in [0.5, 0.6) is 0 Å². The molecule has 4 aromatic carbocycles. The maximum absolute atomic E-state index is 10.3. The minimum absolute atomic E-state index is 0. The van der Waals surface area contributed by atoms with Gasteiger partial charge in [0.25, 0.3) is 0 Å². The molecule has 0 unspecified atom stereocenters. The van der Waals surface area contributed by atoms with Crippen molar-refractivity contribution in [3.63, 3.8) is 0 Å².